The van der Waals surface area contributed by atoms with E-state index in [1.165, 1.54) is 0 Å². The summed E-state index contributed by atoms with van der Waals surface area (Å²) in [6, 6.07) is 7.31. The van der Waals surface area contributed by atoms with Crippen LogP contribution in [0.5, 0.6) is 5.75 Å². The molecule has 1 atom stereocenters. The largest absolute Gasteiger partial charge is 0.494 e. The lowest BCUT2D eigenvalue weighted by atomic mass is 10.1. The lowest BCUT2D eigenvalue weighted by molar-refractivity contribution is -0.120. The van der Waals surface area contributed by atoms with Crippen LogP contribution < -0.4 is 10.1 Å². The predicted molar refractivity (Wildman–Crippen MR) is 69.5 cm³/mol. The number of carbonyl (C=O) groups is 1. The molecule has 0 aromatic heterocycles. The van der Waals surface area contributed by atoms with Gasteiger partial charge in [0.25, 0.3) is 0 Å². The number of carbonyl (C=O) groups excluding carboxylic acids is 1. The van der Waals surface area contributed by atoms with Crippen LogP contribution in [-0.2, 0) is 4.79 Å². The first-order chi connectivity index (χ1) is 8.19. The second kappa shape index (κ2) is 7.17. The van der Waals surface area contributed by atoms with Crippen LogP contribution in [-0.4, -0.2) is 19.1 Å². The van der Waals surface area contributed by atoms with Crippen LogP contribution in [0.4, 0.5) is 0 Å². The van der Waals surface area contributed by atoms with Gasteiger partial charge in [0.2, 0.25) is 5.91 Å². The molecule has 1 aromatic rings. The normalized spacial score (nSPS) is 11.9. The van der Waals surface area contributed by atoms with Gasteiger partial charge in [0, 0.05) is 6.54 Å². The smallest absolute Gasteiger partial charge is 0.242 e. The van der Waals surface area contributed by atoms with E-state index in [0.29, 0.717) is 13.2 Å². The van der Waals surface area contributed by atoms with Crippen LogP contribution in [0.25, 0.3) is 0 Å². The van der Waals surface area contributed by atoms with Crippen molar-refractivity contribution in [3.8, 4) is 5.75 Å². The Kier molecular flexibility index (Phi) is 5.84. The van der Waals surface area contributed by atoms with E-state index in [9.17, 15) is 4.79 Å². The molecular weight excluding hydrogens is 238 g/mol. The minimum atomic E-state index is -0.665. The second-order valence-electron chi connectivity index (χ2n) is 3.66. The molecule has 1 N–H and O–H groups in total. The highest BCUT2D eigenvalue weighted by Crippen LogP contribution is 2.24. The maximum Gasteiger partial charge on any atom is 0.242 e. The zero-order chi connectivity index (χ0) is 12.7. The number of alkyl halides is 1. The second-order valence-corrected chi connectivity index (χ2v) is 4.10. The van der Waals surface area contributed by atoms with Gasteiger partial charge < -0.3 is 10.1 Å². The van der Waals surface area contributed by atoms with E-state index in [4.69, 9.17) is 16.3 Å². The van der Waals surface area contributed by atoms with Crippen molar-refractivity contribution in [3.05, 3.63) is 29.8 Å². The summed E-state index contributed by atoms with van der Waals surface area (Å²) in [6.07, 6.45) is 0.897. The van der Waals surface area contributed by atoms with Crippen molar-refractivity contribution in [2.24, 2.45) is 0 Å². The molecule has 0 radical (unpaired) electrons. The Morgan fingerprint density at radius 1 is 1.47 bits per heavy atom. The Labute approximate surface area is 107 Å². The molecule has 17 heavy (non-hydrogen) atoms. The lowest BCUT2D eigenvalue weighted by Gasteiger charge is -2.11. The van der Waals surface area contributed by atoms with E-state index in [0.717, 1.165) is 17.7 Å². The van der Waals surface area contributed by atoms with Gasteiger partial charge in [-0.3, -0.25) is 4.79 Å². The number of hydrogen-bond acceptors (Lipinski definition) is 2. The number of benzene rings is 1. The van der Waals surface area contributed by atoms with Gasteiger partial charge in [-0.1, -0.05) is 19.1 Å². The summed E-state index contributed by atoms with van der Waals surface area (Å²) in [5.41, 5.74) is 0.756. The molecule has 4 heteroatoms. The summed E-state index contributed by atoms with van der Waals surface area (Å²) in [5, 5.41) is 2.11. The molecule has 0 heterocycles. The van der Waals surface area contributed by atoms with Gasteiger partial charge >= 0.3 is 0 Å². The zero-order valence-electron chi connectivity index (χ0n) is 10.2. The Morgan fingerprint density at radius 2 is 2.24 bits per heavy atom. The summed E-state index contributed by atoms with van der Waals surface area (Å²) in [5.74, 6) is 0.570. The molecule has 0 fully saturated rings. The van der Waals surface area contributed by atoms with Gasteiger partial charge in [-0.2, -0.15) is 0 Å². The van der Waals surface area contributed by atoms with Crippen LogP contribution in [0, 0.1) is 0 Å². The third-order valence-electron chi connectivity index (χ3n) is 2.24. The van der Waals surface area contributed by atoms with Gasteiger partial charge in [-0.25, -0.2) is 0 Å². The molecule has 0 saturated heterocycles. The van der Waals surface area contributed by atoms with E-state index < -0.39 is 5.38 Å². The minimum Gasteiger partial charge on any atom is -0.494 e. The van der Waals surface area contributed by atoms with Gasteiger partial charge in [0.1, 0.15) is 11.1 Å². The number of rotatable bonds is 6. The van der Waals surface area contributed by atoms with Crippen molar-refractivity contribution in [1.82, 2.24) is 5.32 Å². The van der Waals surface area contributed by atoms with Crippen molar-refractivity contribution in [2.75, 3.05) is 13.2 Å². The molecule has 1 rings (SSSR count). The summed E-state index contributed by atoms with van der Waals surface area (Å²) in [6.45, 7) is 5.16. The molecule has 1 unspecified atom stereocenters. The van der Waals surface area contributed by atoms with Crippen molar-refractivity contribution in [2.45, 2.75) is 25.6 Å². The quantitative estimate of drug-likeness (QED) is 0.794. The third-order valence-corrected chi connectivity index (χ3v) is 2.69. The van der Waals surface area contributed by atoms with Crippen molar-refractivity contribution in [3.63, 3.8) is 0 Å². The average molecular weight is 256 g/mol. The highest BCUT2D eigenvalue weighted by Gasteiger charge is 2.17. The van der Waals surface area contributed by atoms with Crippen LogP contribution in [0.3, 0.4) is 0 Å². The number of amides is 1. The van der Waals surface area contributed by atoms with Gasteiger partial charge in [-0.15, -0.1) is 11.6 Å². The number of ether oxygens (including phenoxy) is 1. The Bertz CT molecular complexity index is 368. The molecule has 0 saturated carbocycles. The number of halogens is 1. The molecule has 0 aliphatic rings. The fraction of sp³-hybridized carbons (Fsp3) is 0.462. The number of hydrogen-bond donors (Lipinski definition) is 1. The van der Waals surface area contributed by atoms with Gasteiger partial charge in [0.05, 0.1) is 6.61 Å². The fourth-order valence-corrected chi connectivity index (χ4v) is 1.63. The minimum absolute atomic E-state index is 0.165. The van der Waals surface area contributed by atoms with Crippen molar-refractivity contribution in [1.29, 1.82) is 0 Å². The highest BCUT2D eigenvalue weighted by atomic mass is 35.5. The first kappa shape index (κ1) is 13.8. The van der Waals surface area contributed by atoms with Gasteiger partial charge in [0.15, 0.2) is 0 Å². The topological polar surface area (TPSA) is 38.3 Å². The first-order valence-corrected chi connectivity index (χ1v) is 6.27. The first-order valence-electron chi connectivity index (χ1n) is 5.83. The van der Waals surface area contributed by atoms with Crippen LogP contribution in [0.15, 0.2) is 24.3 Å². The molecule has 0 aliphatic carbocycles. The van der Waals surface area contributed by atoms with Crippen LogP contribution in [0.1, 0.15) is 31.2 Å². The SMILES string of the molecule is CCCNC(=O)C(Cl)c1cccc(OCC)c1. The molecular formula is C13H18ClNO2. The van der Waals surface area contributed by atoms with Crippen LogP contribution in [0.2, 0.25) is 0 Å². The van der Waals surface area contributed by atoms with E-state index in [2.05, 4.69) is 5.32 Å². The molecule has 0 spiro atoms. The van der Waals surface area contributed by atoms with E-state index in [1.54, 1.807) is 6.07 Å². The molecule has 0 bridgehead atoms. The molecule has 3 nitrogen and oxygen atoms in total. The standard InChI is InChI=1S/C13H18ClNO2/c1-3-8-15-13(16)12(14)10-6-5-7-11(9-10)17-4-2/h5-7,9,12H,3-4,8H2,1-2H3,(H,15,16). The monoisotopic (exact) mass is 255 g/mol. The highest BCUT2D eigenvalue weighted by molar-refractivity contribution is 6.30. The maximum atomic E-state index is 11.7. The fourth-order valence-electron chi connectivity index (χ4n) is 1.42. The predicted octanol–water partition coefficient (Wildman–Crippen LogP) is 2.89. The summed E-state index contributed by atoms with van der Waals surface area (Å²) >= 11 is 6.10. The summed E-state index contributed by atoms with van der Waals surface area (Å²) < 4.78 is 5.37. The molecule has 0 aliphatic heterocycles. The molecule has 1 aromatic carbocycles. The summed E-state index contributed by atoms with van der Waals surface area (Å²) in [4.78, 5) is 11.7. The third kappa shape index (κ3) is 4.27. The average Bonchev–Trinajstić information content (AvgIpc) is 2.35. The maximum absolute atomic E-state index is 11.7. The molecule has 1 amide bonds. The van der Waals surface area contributed by atoms with E-state index >= 15 is 0 Å². The van der Waals surface area contributed by atoms with Crippen LogP contribution >= 0.6 is 11.6 Å². The number of nitrogens with one attached hydrogen (secondary N) is 1. The lowest BCUT2D eigenvalue weighted by Crippen LogP contribution is -2.27. The summed E-state index contributed by atoms with van der Waals surface area (Å²) in [7, 11) is 0. The van der Waals surface area contributed by atoms with E-state index in [-0.39, 0.29) is 5.91 Å². The Hall–Kier alpha value is -1.22. The van der Waals surface area contributed by atoms with Gasteiger partial charge in [-0.05, 0) is 31.0 Å². The van der Waals surface area contributed by atoms with Crippen molar-refractivity contribution >= 4 is 17.5 Å². The Morgan fingerprint density at radius 3 is 2.88 bits per heavy atom. The van der Waals surface area contributed by atoms with Crippen molar-refractivity contribution < 1.29 is 9.53 Å². The van der Waals surface area contributed by atoms with E-state index in [1.807, 2.05) is 32.0 Å². The molecule has 94 valence electrons. The zero-order valence-corrected chi connectivity index (χ0v) is 11.0. The Balaban J connectivity index is 2.70.